The van der Waals surface area contributed by atoms with Crippen LogP contribution in [0.4, 0.5) is 0 Å². The Morgan fingerprint density at radius 1 is 1.06 bits per heavy atom. The lowest BCUT2D eigenvalue weighted by Gasteiger charge is -2.30. The largest absolute Gasteiger partial charge is 0.479 e. The molecule has 0 spiro atoms. The minimum atomic E-state index is -2.20. The zero-order valence-electron chi connectivity index (χ0n) is 18.8. The van der Waals surface area contributed by atoms with Crippen molar-refractivity contribution in [2.24, 2.45) is 0 Å². The van der Waals surface area contributed by atoms with E-state index in [2.05, 4.69) is 10.4 Å². The Kier molecular flexibility index (Phi) is 7.27. The van der Waals surface area contributed by atoms with E-state index < -0.39 is 32.3 Å². The molecule has 1 amide bonds. The van der Waals surface area contributed by atoms with Crippen molar-refractivity contribution in [2.45, 2.75) is 45.1 Å². The van der Waals surface area contributed by atoms with E-state index in [-0.39, 0.29) is 0 Å². The Balaban J connectivity index is 1.94. The predicted octanol–water partition coefficient (Wildman–Crippen LogP) is 3.83. The Morgan fingerprint density at radius 2 is 1.66 bits per heavy atom. The zero-order valence-corrected chi connectivity index (χ0v) is 19.8. The van der Waals surface area contributed by atoms with Gasteiger partial charge in [-0.15, -0.1) is 0 Å². The summed E-state index contributed by atoms with van der Waals surface area (Å²) in [7, 11) is -2.20. The van der Waals surface area contributed by atoms with E-state index in [1.54, 1.807) is 10.7 Å². The summed E-state index contributed by atoms with van der Waals surface area (Å²) in [5.41, 5.74) is 2.69. The molecule has 1 unspecified atom stereocenters. The van der Waals surface area contributed by atoms with Crippen molar-refractivity contribution in [3.63, 3.8) is 0 Å². The molecule has 3 aromatic rings. The minimum absolute atomic E-state index is 0.326. The van der Waals surface area contributed by atoms with Crippen molar-refractivity contribution in [3.8, 4) is 5.69 Å². The number of aliphatic carboxylic acids is 1. The molecule has 1 aromatic heterocycles. The highest BCUT2D eigenvalue weighted by Gasteiger charge is 2.35. The van der Waals surface area contributed by atoms with Crippen molar-refractivity contribution in [3.05, 3.63) is 83.7 Å². The number of hydrogen-bond acceptors (Lipinski definition) is 4. The number of aromatic nitrogens is 2. The van der Waals surface area contributed by atoms with Gasteiger partial charge in [0.2, 0.25) is 0 Å². The second-order valence-electron chi connectivity index (χ2n) is 8.68. The summed E-state index contributed by atoms with van der Waals surface area (Å²) in [5, 5.41) is 17.3. The normalized spacial score (nSPS) is 13.4. The van der Waals surface area contributed by atoms with Crippen LogP contribution >= 0.6 is 0 Å². The number of carboxylic acid groups (broad SMARTS) is 1. The van der Waals surface area contributed by atoms with Gasteiger partial charge in [0.15, 0.2) is 14.4 Å². The highest BCUT2D eigenvalue weighted by Crippen LogP contribution is 2.17. The maximum Gasteiger partial charge on any atom is 0.333 e. The zero-order chi connectivity index (χ0) is 23.3. The molecule has 168 valence electrons. The molecule has 0 saturated carbocycles. The van der Waals surface area contributed by atoms with Gasteiger partial charge in [0.25, 0.3) is 5.91 Å². The highest BCUT2D eigenvalue weighted by atomic mass is 28.4. The van der Waals surface area contributed by atoms with E-state index in [0.717, 1.165) is 11.3 Å². The van der Waals surface area contributed by atoms with Crippen LogP contribution in [0.3, 0.4) is 0 Å². The smallest absolute Gasteiger partial charge is 0.333 e. The first-order valence-corrected chi connectivity index (χ1v) is 13.9. The SMILES string of the molecule is Cc1cc(C(=O)N[C@@H](Cc2ccccc2)C(O[Si](C)(C)C)C(=O)O)n(-c2ccccc2)n1. The molecule has 0 fully saturated rings. The summed E-state index contributed by atoms with van der Waals surface area (Å²) in [6, 6.07) is 19.8. The molecule has 7 nitrogen and oxygen atoms in total. The van der Waals surface area contributed by atoms with E-state index in [1.807, 2.05) is 87.2 Å². The van der Waals surface area contributed by atoms with E-state index >= 15 is 0 Å². The van der Waals surface area contributed by atoms with E-state index in [1.165, 1.54) is 0 Å². The van der Waals surface area contributed by atoms with E-state index in [4.69, 9.17) is 4.43 Å². The Bertz CT molecular complexity index is 1060. The fraction of sp³-hybridized carbons (Fsp3) is 0.292. The van der Waals surface area contributed by atoms with Gasteiger partial charge in [-0.3, -0.25) is 4.79 Å². The van der Waals surface area contributed by atoms with Crippen LogP contribution < -0.4 is 5.32 Å². The van der Waals surface area contributed by atoms with Gasteiger partial charge in [-0.25, -0.2) is 9.48 Å². The third-order valence-electron chi connectivity index (χ3n) is 4.77. The van der Waals surface area contributed by atoms with Crippen molar-refractivity contribution in [1.29, 1.82) is 0 Å². The second-order valence-corrected chi connectivity index (χ2v) is 13.1. The molecule has 0 saturated heterocycles. The summed E-state index contributed by atoms with van der Waals surface area (Å²) in [5.74, 6) is -1.50. The van der Waals surface area contributed by atoms with Gasteiger partial charge in [-0.1, -0.05) is 48.5 Å². The van der Waals surface area contributed by atoms with E-state index in [0.29, 0.717) is 17.8 Å². The molecule has 3 rings (SSSR count). The van der Waals surface area contributed by atoms with Gasteiger partial charge in [-0.2, -0.15) is 5.10 Å². The van der Waals surface area contributed by atoms with Crippen LogP contribution in [0.5, 0.6) is 0 Å². The molecule has 0 radical (unpaired) electrons. The molecule has 0 aliphatic heterocycles. The number of amides is 1. The first kappa shape index (κ1) is 23.4. The number of hydrogen-bond donors (Lipinski definition) is 2. The summed E-state index contributed by atoms with van der Waals surface area (Å²) in [4.78, 5) is 25.5. The van der Waals surface area contributed by atoms with Crippen LogP contribution in [0.15, 0.2) is 66.7 Å². The molecule has 1 heterocycles. The second kappa shape index (κ2) is 9.93. The van der Waals surface area contributed by atoms with Gasteiger partial charge >= 0.3 is 5.97 Å². The van der Waals surface area contributed by atoms with Gasteiger partial charge in [0, 0.05) is 0 Å². The van der Waals surface area contributed by atoms with Crippen molar-refractivity contribution >= 4 is 20.2 Å². The van der Waals surface area contributed by atoms with Gasteiger partial charge in [0.05, 0.1) is 17.4 Å². The van der Waals surface area contributed by atoms with Gasteiger partial charge in [-0.05, 0) is 56.7 Å². The number of rotatable bonds is 9. The van der Waals surface area contributed by atoms with Crippen molar-refractivity contribution in [1.82, 2.24) is 15.1 Å². The summed E-state index contributed by atoms with van der Waals surface area (Å²) in [6.07, 6.45) is -0.841. The Hall–Kier alpha value is -3.23. The molecule has 2 N–H and O–H groups in total. The van der Waals surface area contributed by atoms with Crippen LogP contribution in [0.1, 0.15) is 21.7 Å². The third-order valence-corrected chi connectivity index (χ3v) is 5.73. The number of aryl methyl sites for hydroxylation is 1. The fourth-order valence-electron chi connectivity index (χ4n) is 3.46. The number of carbonyl (C=O) groups is 2. The maximum atomic E-state index is 13.3. The number of para-hydroxylation sites is 1. The summed E-state index contributed by atoms with van der Waals surface area (Å²) in [6.45, 7) is 7.60. The van der Waals surface area contributed by atoms with Crippen LogP contribution in [0.2, 0.25) is 19.6 Å². The summed E-state index contributed by atoms with van der Waals surface area (Å²) >= 11 is 0. The first-order valence-electron chi connectivity index (χ1n) is 10.5. The summed E-state index contributed by atoms with van der Waals surface area (Å²) < 4.78 is 7.56. The number of nitrogens with zero attached hydrogens (tertiary/aromatic N) is 2. The van der Waals surface area contributed by atoms with Gasteiger partial charge < -0.3 is 14.8 Å². The first-order chi connectivity index (χ1) is 15.1. The van der Waals surface area contributed by atoms with Crippen molar-refractivity contribution < 1.29 is 19.1 Å². The number of nitrogens with one attached hydrogen (secondary N) is 1. The van der Waals surface area contributed by atoms with Crippen molar-refractivity contribution in [2.75, 3.05) is 0 Å². The maximum absolute atomic E-state index is 13.3. The molecular weight excluding hydrogens is 422 g/mol. The molecule has 0 aliphatic rings. The molecule has 32 heavy (non-hydrogen) atoms. The van der Waals surface area contributed by atoms with Crippen LogP contribution in [0.25, 0.3) is 5.69 Å². The highest BCUT2D eigenvalue weighted by molar-refractivity contribution is 6.69. The standard InChI is InChI=1S/C24H29N3O4Si/c1-17-15-21(27(26-17)19-13-9-6-10-14-19)23(28)25-20(16-18-11-7-5-8-12-18)22(24(29)30)31-32(2,3)4/h5-15,20,22H,16H2,1-4H3,(H,25,28)(H,29,30)/t20-,22?/m0/s1. The minimum Gasteiger partial charge on any atom is -0.479 e. The van der Waals surface area contributed by atoms with Gasteiger partial charge in [0.1, 0.15) is 5.69 Å². The lowest BCUT2D eigenvalue weighted by atomic mass is 10.0. The topological polar surface area (TPSA) is 93.5 Å². The Morgan fingerprint density at radius 3 is 2.22 bits per heavy atom. The third kappa shape index (κ3) is 6.15. The molecule has 0 aliphatic carbocycles. The number of benzene rings is 2. The lowest BCUT2D eigenvalue weighted by molar-refractivity contribution is -0.146. The van der Waals surface area contributed by atoms with Crippen LogP contribution in [0, 0.1) is 6.92 Å². The molecule has 0 bridgehead atoms. The molecular formula is C24H29N3O4Si. The van der Waals surface area contributed by atoms with Crippen LogP contribution in [-0.4, -0.2) is 47.2 Å². The monoisotopic (exact) mass is 451 g/mol. The quantitative estimate of drug-likeness (QED) is 0.482. The average Bonchev–Trinajstić information content (AvgIpc) is 3.14. The van der Waals surface area contributed by atoms with E-state index in [9.17, 15) is 14.7 Å². The molecule has 2 atom stereocenters. The molecule has 2 aromatic carbocycles. The number of carboxylic acids is 1. The molecule has 8 heteroatoms. The number of carbonyl (C=O) groups excluding carboxylic acids is 1. The lowest BCUT2D eigenvalue weighted by Crippen LogP contribution is -2.53. The Labute approximate surface area is 189 Å². The average molecular weight is 452 g/mol. The predicted molar refractivity (Wildman–Crippen MR) is 126 cm³/mol. The van der Waals surface area contributed by atoms with Crippen LogP contribution in [-0.2, 0) is 15.6 Å². The fourth-order valence-corrected chi connectivity index (χ4v) is 4.48.